The zero-order chi connectivity index (χ0) is 38.7. The molecule has 0 saturated carbocycles. The van der Waals surface area contributed by atoms with Crippen molar-refractivity contribution in [1.29, 1.82) is 0 Å². The fourth-order valence-corrected chi connectivity index (χ4v) is 6.43. The van der Waals surface area contributed by atoms with Gasteiger partial charge in [-0.3, -0.25) is 4.18 Å². The van der Waals surface area contributed by atoms with Gasteiger partial charge in [-0.1, -0.05) is 66.7 Å². The van der Waals surface area contributed by atoms with Crippen LogP contribution < -0.4 is 5.32 Å². The summed E-state index contributed by atoms with van der Waals surface area (Å²) in [6.07, 6.45) is 0.252. The summed E-state index contributed by atoms with van der Waals surface area (Å²) in [6, 6.07) is 24.5. The van der Waals surface area contributed by atoms with Crippen molar-refractivity contribution in [2.24, 2.45) is 0 Å². The molecule has 0 aliphatic heterocycles. The van der Waals surface area contributed by atoms with E-state index in [0.717, 1.165) is 0 Å². The first-order chi connectivity index (χ1) is 27.1. The highest BCUT2D eigenvalue weighted by Gasteiger charge is 2.29. The van der Waals surface area contributed by atoms with Crippen LogP contribution in [0.1, 0.15) is 23.5 Å². The van der Waals surface area contributed by atoms with E-state index < -0.39 is 16.2 Å². The van der Waals surface area contributed by atoms with Crippen molar-refractivity contribution in [2.75, 3.05) is 125 Å². The van der Waals surface area contributed by atoms with E-state index in [1.54, 1.807) is 18.2 Å². The first-order valence-electron chi connectivity index (χ1n) is 18.7. The monoisotopic (exact) mass is 789 g/mol. The van der Waals surface area contributed by atoms with Crippen LogP contribution in [0.25, 0.3) is 11.1 Å². The van der Waals surface area contributed by atoms with Crippen LogP contribution in [0.2, 0.25) is 0 Å². The van der Waals surface area contributed by atoms with Gasteiger partial charge >= 0.3 is 6.09 Å². The van der Waals surface area contributed by atoms with Gasteiger partial charge in [0.2, 0.25) is 0 Å². The molecule has 15 heteroatoms. The second-order valence-electron chi connectivity index (χ2n) is 12.1. The van der Waals surface area contributed by atoms with Gasteiger partial charge in [-0.05, 0) is 40.8 Å². The van der Waals surface area contributed by atoms with Crippen molar-refractivity contribution < 1.29 is 60.0 Å². The Kier molecular flexibility index (Phi) is 21.9. The lowest BCUT2D eigenvalue weighted by Gasteiger charge is -2.14. The Morgan fingerprint density at radius 1 is 0.491 bits per heavy atom. The van der Waals surface area contributed by atoms with Crippen molar-refractivity contribution in [3.05, 3.63) is 90.0 Å². The van der Waals surface area contributed by atoms with Crippen LogP contribution in [0.5, 0.6) is 0 Å². The molecule has 0 unspecified atom stereocenters. The van der Waals surface area contributed by atoms with E-state index in [-0.39, 0.29) is 24.0 Å². The molecule has 0 saturated heterocycles. The highest BCUT2D eigenvalue weighted by molar-refractivity contribution is 7.86. The lowest BCUT2D eigenvalue weighted by molar-refractivity contribution is -0.0236. The zero-order valence-corrected chi connectivity index (χ0v) is 32.3. The van der Waals surface area contributed by atoms with Crippen molar-refractivity contribution in [1.82, 2.24) is 5.32 Å². The molecular weight excluding hydrogens is 735 g/mol. The highest BCUT2D eigenvalue weighted by Crippen LogP contribution is 2.44. The summed E-state index contributed by atoms with van der Waals surface area (Å²) in [5, 5.41) is 2.80. The third-order valence-electron chi connectivity index (χ3n) is 8.18. The minimum Gasteiger partial charge on any atom is -0.449 e. The van der Waals surface area contributed by atoms with E-state index in [0.29, 0.717) is 119 Å². The summed E-state index contributed by atoms with van der Waals surface area (Å²) >= 11 is 0. The third kappa shape index (κ3) is 17.5. The summed E-state index contributed by atoms with van der Waals surface area (Å²) in [5.74, 6) is 0.0425. The summed E-state index contributed by atoms with van der Waals surface area (Å²) in [6.45, 7) is 7.51. The second-order valence-corrected chi connectivity index (χ2v) is 13.7. The molecule has 3 aromatic rings. The van der Waals surface area contributed by atoms with E-state index in [9.17, 15) is 13.2 Å². The molecule has 4 rings (SSSR count). The van der Waals surface area contributed by atoms with Gasteiger partial charge in [0.15, 0.2) is 0 Å². The van der Waals surface area contributed by atoms with Gasteiger partial charge in [0, 0.05) is 19.1 Å². The first kappa shape index (κ1) is 44.2. The van der Waals surface area contributed by atoms with E-state index in [1.165, 1.54) is 34.4 Å². The van der Waals surface area contributed by atoms with E-state index in [4.69, 9.17) is 46.8 Å². The van der Waals surface area contributed by atoms with Gasteiger partial charge in [-0.25, -0.2) is 4.79 Å². The molecular formula is C40H55NO13S. The molecule has 1 aliphatic rings. The molecule has 0 heterocycles. The summed E-state index contributed by atoms with van der Waals surface area (Å²) < 4.78 is 78.3. The second kappa shape index (κ2) is 27.2. The smallest absolute Gasteiger partial charge is 0.407 e. The fraction of sp³-hybridized carbons (Fsp3) is 0.525. The summed E-state index contributed by atoms with van der Waals surface area (Å²) in [7, 11) is -3.77. The van der Waals surface area contributed by atoms with Crippen molar-refractivity contribution in [3.8, 4) is 11.1 Å². The predicted octanol–water partition coefficient (Wildman–Crippen LogP) is 4.45. The van der Waals surface area contributed by atoms with Crippen LogP contribution in [0.15, 0.2) is 83.8 Å². The molecule has 3 aromatic carbocycles. The Morgan fingerprint density at radius 3 is 1.33 bits per heavy atom. The lowest BCUT2D eigenvalue weighted by Crippen LogP contribution is -2.27. The van der Waals surface area contributed by atoms with Gasteiger partial charge in [-0.2, -0.15) is 8.42 Å². The number of fused-ring (bicyclic) bond motifs is 3. The van der Waals surface area contributed by atoms with Gasteiger partial charge in [0.1, 0.15) is 6.61 Å². The maximum atomic E-state index is 12.3. The standard InChI is InChI=1S/C40H55NO13S/c42-40(53-33-39-37-13-6-4-11-35(37)36-12-5-7-14-38(36)39)41-15-8-16-45-17-18-46-19-20-47-21-22-48-23-24-49-25-26-50-27-28-51-29-30-52-31-32-54-55(43,44)34-9-2-1-3-10-34/h1-7,9-14,39H,8,15-33H2,(H,41,42). The molecule has 0 radical (unpaired) electrons. The van der Waals surface area contributed by atoms with Crippen LogP contribution in [0, 0.1) is 0 Å². The number of rotatable bonds is 32. The summed E-state index contributed by atoms with van der Waals surface area (Å²) in [5.41, 5.74) is 4.78. The Labute approximate surface area is 324 Å². The number of amides is 1. The fourth-order valence-electron chi connectivity index (χ4n) is 5.51. The van der Waals surface area contributed by atoms with Crippen molar-refractivity contribution in [3.63, 3.8) is 0 Å². The maximum Gasteiger partial charge on any atom is 0.407 e. The lowest BCUT2D eigenvalue weighted by atomic mass is 9.98. The van der Waals surface area contributed by atoms with E-state index >= 15 is 0 Å². The number of carbonyl (C=O) groups is 1. The van der Waals surface area contributed by atoms with E-state index in [1.807, 2.05) is 24.3 Å². The molecule has 14 nitrogen and oxygen atoms in total. The number of benzene rings is 3. The highest BCUT2D eigenvalue weighted by atomic mass is 32.2. The summed E-state index contributed by atoms with van der Waals surface area (Å²) in [4.78, 5) is 12.4. The molecule has 1 aliphatic carbocycles. The van der Waals surface area contributed by atoms with Crippen molar-refractivity contribution >= 4 is 16.2 Å². The normalized spacial score (nSPS) is 12.4. The quantitative estimate of drug-likeness (QED) is 0.0700. The number of hydrogen-bond acceptors (Lipinski definition) is 13. The van der Waals surface area contributed by atoms with E-state index in [2.05, 4.69) is 29.6 Å². The average molecular weight is 790 g/mol. The third-order valence-corrected chi connectivity index (χ3v) is 9.51. The zero-order valence-electron chi connectivity index (χ0n) is 31.4. The first-order valence-corrected chi connectivity index (χ1v) is 20.1. The van der Waals surface area contributed by atoms with Gasteiger partial charge in [-0.15, -0.1) is 0 Å². The van der Waals surface area contributed by atoms with Crippen LogP contribution in [0.3, 0.4) is 0 Å². The van der Waals surface area contributed by atoms with Gasteiger partial charge in [0.05, 0.1) is 111 Å². The molecule has 0 atom stereocenters. The Balaban J connectivity index is 0.806. The number of nitrogens with one attached hydrogen (secondary N) is 1. The molecule has 0 fully saturated rings. The topological polar surface area (TPSA) is 156 Å². The molecule has 55 heavy (non-hydrogen) atoms. The molecule has 0 aromatic heterocycles. The average Bonchev–Trinajstić information content (AvgIpc) is 3.53. The minimum atomic E-state index is -3.77. The van der Waals surface area contributed by atoms with Gasteiger partial charge < -0.3 is 47.9 Å². The van der Waals surface area contributed by atoms with Crippen molar-refractivity contribution in [2.45, 2.75) is 17.2 Å². The number of carbonyl (C=O) groups excluding carboxylic acids is 1. The molecule has 0 bridgehead atoms. The number of alkyl carbamates (subject to hydrolysis) is 1. The Bertz CT molecular complexity index is 1530. The number of hydrogen-bond donors (Lipinski definition) is 1. The molecule has 304 valence electrons. The maximum absolute atomic E-state index is 12.3. The molecule has 1 N–H and O–H groups in total. The predicted molar refractivity (Wildman–Crippen MR) is 204 cm³/mol. The van der Waals surface area contributed by atoms with Crippen LogP contribution >= 0.6 is 0 Å². The molecule has 1 amide bonds. The van der Waals surface area contributed by atoms with Crippen LogP contribution in [-0.2, 0) is 56.9 Å². The molecule has 0 spiro atoms. The SMILES string of the molecule is O=C(NCCCOCCOCCOCCOCCOCCOCCOCCOCCOS(=O)(=O)c1ccccc1)OCC1c2ccccc2-c2ccccc21. The Hall–Kier alpha value is -3.48. The number of ether oxygens (including phenoxy) is 9. The largest absolute Gasteiger partial charge is 0.449 e. The van der Waals surface area contributed by atoms with Gasteiger partial charge in [0.25, 0.3) is 10.1 Å². The van der Waals surface area contributed by atoms with Crippen LogP contribution in [0.4, 0.5) is 4.79 Å². The minimum absolute atomic E-state index is 0.0425. The Morgan fingerprint density at radius 2 is 0.873 bits per heavy atom. The van der Waals surface area contributed by atoms with Crippen LogP contribution in [-0.4, -0.2) is 140 Å².